The Morgan fingerprint density at radius 3 is 3.00 bits per heavy atom. The Balaban J connectivity index is 1.98. The molecule has 2 rings (SSSR count). The zero-order valence-corrected chi connectivity index (χ0v) is 13.2. The van der Waals surface area contributed by atoms with Crippen LogP contribution in [0.4, 0.5) is 5.69 Å². The molecule has 0 unspecified atom stereocenters. The summed E-state index contributed by atoms with van der Waals surface area (Å²) in [7, 11) is 1.60. The lowest BCUT2D eigenvalue weighted by Gasteiger charge is -2.26. The van der Waals surface area contributed by atoms with Gasteiger partial charge in [-0.3, -0.25) is 9.69 Å². The number of nitrogens with one attached hydrogen (secondary N) is 1. The van der Waals surface area contributed by atoms with Gasteiger partial charge in [-0.25, -0.2) is 4.68 Å². The Bertz CT molecular complexity index is 514. The van der Waals surface area contributed by atoms with Gasteiger partial charge in [0.05, 0.1) is 11.9 Å². The number of likely N-dealkylation sites (tertiary alicyclic amines) is 1. The Labute approximate surface area is 124 Å². The normalized spacial score (nSPS) is 19.8. The molecule has 1 aliphatic rings. The van der Waals surface area contributed by atoms with Gasteiger partial charge in [-0.05, 0) is 25.3 Å². The van der Waals surface area contributed by atoms with Gasteiger partial charge in [0.25, 0.3) is 5.56 Å². The molecule has 0 aromatic carbocycles. The first-order chi connectivity index (χ1) is 9.49. The number of hydrogen-bond donors (Lipinski definition) is 1. The Morgan fingerprint density at radius 1 is 1.55 bits per heavy atom. The minimum absolute atomic E-state index is 0.218. The number of nitrogens with zero attached hydrogens (tertiary/aromatic N) is 3. The number of rotatable bonds is 5. The van der Waals surface area contributed by atoms with Gasteiger partial charge in [-0.1, -0.05) is 25.4 Å². The number of aryl methyl sites for hydroxylation is 1. The fourth-order valence-corrected chi connectivity index (χ4v) is 2.94. The monoisotopic (exact) mass is 298 g/mol. The molecule has 1 saturated heterocycles. The maximum absolute atomic E-state index is 11.7. The van der Waals surface area contributed by atoms with E-state index in [9.17, 15) is 4.79 Å². The molecule has 0 bridgehead atoms. The van der Waals surface area contributed by atoms with Crippen LogP contribution in [0.5, 0.6) is 0 Å². The molecule has 20 heavy (non-hydrogen) atoms. The van der Waals surface area contributed by atoms with Crippen LogP contribution in [0.2, 0.25) is 5.02 Å². The van der Waals surface area contributed by atoms with Crippen molar-refractivity contribution >= 4 is 17.3 Å². The van der Waals surface area contributed by atoms with Crippen molar-refractivity contribution in [1.29, 1.82) is 0 Å². The number of hydrogen-bond acceptors (Lipinski definition) is 4. The summed E-state index contributed by atoms with van der Waals surface area (Å²) < 4.78 is 1.24. The smallest absolute Gasteiger partial charge is 0.287 e. The highest BCUT2D eigenvalue weighted by Crippen LogP contribution is 2.21. The van der Waals surface area contributed by atoms with Crippen molar-refractivity contribution < 1.29 is 0 Å². The molecule has 1 N–H and O–H groups in total. The summed E-state index contributed by atoms with van der Waals surface area (Å²) in [5, 5.41) is 7.49. The van der Waals surface area contributed by atoms with E-state index in [0.717, 1.165) is 19.6 Å². The number of anilines is 1. The molecule has 0 saturated carbocycles. The molecule has 0 amide bonds. The highest BCUT2D eigenvalue weighted by Gasteiger charge is 2.24. The molecule has 0 aliphatic carbocycles. The molecule has 6 heteroatoms. The topological polar surface area (TPSA) is 50.2 Å². The van der Waals surface area contributed by atoms with Crippen molar-refractivity contribution in [2.24, 2.45) is 13.0 Å². The summed E-state index contributed by atoms with van der Waals surface area (Å²) in [6.07, 6.45) is 4.04. The second kappa shape index (κ2) is 6.59. The lowest BCUT2D eigenvalue weighted by molar-refractivity contribution is 0.234. The summed E-state index contributed by atoms with van der Waals surface area (Å²) in [6.45, 7) is 7.57. The largest absolute Gasteiger partial charge is 0.381 e. The highest BCUT2D eigenvalue weighted by atomic mass is 35.5. The van der Waals surface area contributed by atoms with Crippen LogP contribution in [-0.2, 0) is 7.05 Å². The van der Waals surface area contributed by atoms with Gasteiger partial charge in [0.15, 0.2) is 0 Å². The molecule has 1 aromatic rings. The van der Waals surface area contributed by atoms with Gasteiger partial charge in [-0.2, -0.15) is 5.10 Å². The molecule has 0 radical (unpaired) electrons. The summed E-state index contributed by atoms with van der Waals surface area (Å²) in [5.74, 6) is 0.671. The average molecular weight is 299 g/mol. The van der Waals surface area contributed by atoms with E-state index in [1.54, 1.807) is 13.2 Å². The highest BCUT2D eigenvalue weighted by molar-refractivity contribution is 6.32. The molecule has 2 heterocycles. The standard InChI is InChI=1S/C14H23ClN4O/c1-10(2)9-19-6-4-5-11(19)7-16-12-8-17-18(3)14(20)13(12)15/h8,10-11,16H,4-7,9H2,1-3H3/t11-/m0/s1. The van der Waals surface area contributed by atoms with Gasteiger partial charge in [0.2, 0.25) is 0 Å². The minimum Gasteiger partial charge on any atom is -0.381 e. The van der Waals surface area contributed by atoms with Gasteiger partial charge in [0.1, 0.15) is 5.02 Å². The first-order valence-corrected chi connectivity index (χ1v) is 7.56. The van der Waals surface area contributed by atoms with E-state index in [1.165, 1.54) is 17.5 Å². The second-order valence-electron chi connectivity index (χ2n) is 5.87. The molecule has 1 aliphatic heterocycles. The van der Waals surface area contributed by atoms with Crippen LogP contribution >= 0.6 is 11.6 Å². The summed E-state index contributed by atoms with van der Waals surface area (Å²) in [5.41, 5.74) is 0.369. The van der Waals surface area contributed by atoms with Crippen molar-refractivity contribution in [2.75, 3.05) is 25.0 Å². The summed E-state index contributed by atoms with van der Waals surface area (Å²) in [4.78, 5) is 14.2. The summed E-state index contributed by atoms with van der Waals surface area (Å²) in [6, 6.07) is 0.512. The second-order valence-corrected chi connectivity index (χ2v) is 6.24. The van der Waals surface area contributed by atoms with Crippen molar-refractivity contribution in [2.45, 2.75) is 32.7 Å². The Morgan fingerprint density at radius 2 is 2.30 bits per heavy atom. The number of aromatic nitrogens is 2. The SMILES string of the molecule is CC(C)CN1CCC[C@H]1CNc1cnn(C)c(=O)c1Cl. The first kappa shape index (κ1) is 15.3. The van der Waals surface area contributed by atoms with Gasteiger partial charge >= 0.3 is 0 Å². The van der Waals surface area contributed by atoms with Crippen molar-refractivity contribution in [1.82, 2.24) is 14.7 Å². The molecule has 5 nitrogen and oxygen atoms in total. The van der Waals surface area contributed by atoms with Gasteiger partial charge < -0.3 is 5.32 Å². The average Bonchev–Trinajstić information content (AvgIpc) is 2.82. The van der Waals surface area contributed by atoms with Crippen molar-refractivity contribution in [3.05, 3.63) is 21.6 Å². The summed E-state index contributed by atoms with van der Waals surface area (Å²) >= 11 is 6.06. The fraction of sp³-hybridized carbons (Fsp3) is 0.714. The van der Waals surface area contributed by atoms with E-state index in [0.29, 0.717) is 17.6 Å². The van der Waals surface area contributed by atoms with E-state index < -0.39 is 0 Å². The fourth-order valence-electron chi connectivity index (χ4n) is 2.70. The zero-order chi connectivity index (χ0) is 14.7. The number of halogens is 1. The van der Waals surface area contributed by atoms with E-state index in [1.807, 2.05) is 0 Å². The van der Waals surface area contributed by atoms with Crippen molar-refractivity contribution in [3.63, 3.8) is 0 Å². The van der Waals surface area contributed by atoms with E-state index >= 15 is 0 Å². The van der Waals surface area contributed by atoms with Crippen LogP contribution < -0.4 is 10.9 Å². The van der Waals surface area contributed by atoms with Crippen LogP contribution in [0.25, 0.3) is 0 Å². The quantitative estimate of drug-likeness (QED) is 0.903. The molecular weight excluding hydrogens is 276 g/mol. The lowest BCUT2D eigenvalue weighted by Crippen LogP contribution is -2.37. The first-order valence-electron chi connectivity index (χ1n) is 7.18. The Kier molecular flexibility index (Phi) is 5.05. The third kappa shape index (κ3) is 3.52. The molecular formula is C14H23ClN4O. The predicted octanol–water partition coefficient (Wildman–Crippen LogP) is 1.97. The van der Waals surface area contributed by atoms with Crippen LogP contribution in [0.1, 0.15) is 26.7 Å². The van der Waals surface area contributed by atoms with Gasteiger partial charge in [-0.15, -0.1) is 0 Å². The van der Waals surface area contributed by atoms with Crippen LogP contribution in [0.3, 0.4) is 0 Å². The maximum atomic E-state index is 11.7. The predicted molar refractivity (Wildman–Crippen MR) is 82.4 cm³/mol. The maximum Gasteiger partial charge on any atom is 0.287 e. The third-order valence-corrected chi connectivity index (χ3v) is 4.07. The lowest BCUT2D eigenvalue weighted by atomic mass is 10.1. The Hall–Kier alpha value is -1.07. The van der Waals surface area contributed by atoms with Gasteiger partial charge in [0, 0.05) is 26.2 Å². The molecule has 1 fully saturated rings. The van der Waals surface area contributed by atoms with E-state index in [-0.39, 0.29) is 10.6 Å². The van der Waals surface area contributed by atoms with Crippen molar-refractivity contribution in [3.8, 4) is 0 Å². The van der Waals surface area contributed by atoms with E-state index in [2.05, 4.69) is 29.2 Å². The van der Waals surface area contributed by atoms with Crippen LogP contribution in [0, 0.1) is 5.92 Å². The van der Waals surface area contributed by atoms with Crippen LogP contribution in [0.15, 0.2) is 11.0 Å². The molecule has 112 valence electrons. The zero-order valence-electron chi connectivity index (χ0n) is 12.4. The molecule has 1 aromatic heterocycles. The van der Waals surface area contributed by atoms with Crippen LogP contribution in [-0.4, -0.2) is 40.4 Å². The van der Waals surface area contributed by atoms with E-state index in [4.69, 9.17) is 11.6 Å². The molecule has 1 atom stereocenters. The molecule has 0 spiro atoms. The minimum atomic E-state index is -0.262. The third-order valence-electron chi connectivity index (χ3n) is 3.71.